The zero-order valence-electron chi connectivity index (χ0n) is 18.0. The molecular weight excluding hydrogens is 360 g/mol. The summed E-state index contributed by atoms with van der Waals surface area (Å²) in [7, 11) is -1.67. The number of nitrogens with zero attached hydrogens (tertiary/aromatic N) is 2. The van der Waals surface area contributed by atoms with Crippen molar-refractivity contribution >= 4 is 8.32 Å². The van der Waals surface area contributed by atoms with Crippen molar-refractivity contribution in [1.82, 2.24) is 9.55 Å². The van der Waals surface area contributed by atoms with E-state index in [0.717, 1.165) is 35.8 Å². The van der Waals surface area contributed by atoms with Crippen molar-refractivity contribution in [3.63, 3.8) is 0 Å². The summed E-state index contributed by atoms with van der Waals surface area (Å²) in [4.78, 5) is 4.73. The van der Waals surface area contributed by atoms with Crippen LogP contribution in [0, 0.1) is 6.92 Å². The number of rotatable bonds is 6. The molecule has 1 heterocycles. The van der Waals surface area contributed by atoms with Crippen molar-refractivity contribution in [2.24, 2.45) is 0 Å². The molecule has 0 saturated carbocycles. The van der Waals surface area contributed by atoms with Crippen LogP contribution in [0.1, 0.15) is 32.2 Å². The van der Waals surface area contributed by atoms with Gasteiger partial charge in [0.25, 0.3) is 0 Å². The SMILES string of the molecule is Cc1nc(-c2ccccc2)cn1-c1ccc(CCO[Si](C)(C)C(C)(C)C)cc1. The molecule has 0 unspecified atom stereocenters. The highest BCUT2D eigenvalue weighted by molar-refractivity contribution is 6.74. The zero-order valence-corrected chi connectivity index (χ0v) is 19.0. The molecule has 28 heavy (non-hydrogen) atoms. The summed E-state index contributed by atoms with van der Waals surface area (Å²) in [6.07, 6.45) is 3.06. The van der Waals surface area contributed by atoms with Crippen LogP contribution in [-0.2, 0) is 10.8 Å². The quantitative estimate of drug-likeness (QED) is 0.453. The van der Waals surface area contributed by atoms with Gasteiger partial charge in [-0.1, -0.05) is 63.2 Å². The molecule has 2 aromatic carbocycles. The third-order valence-corrected chi connectivity index (χ3v) is 10.4. The maximum absolute atomic E-state index is 6.31. The minimum absolute atomic E-state index is 0.256. The van der Waals surface area contributed by atoms with Gasteiger partial charge < -0.3 is 8.99 Å². The van der Waals surface area contributed by atoms with E-state index < -0.39 is 8.32 Å². The van der Waals surface area contributed by atoms with Gasteiger partial charge in [0, 0.05) is 24.1 Å². The molecule has 0 bridgehead atoms. The van der Waals surface area contributed by atoms with Gasteiger partial charge in [0.05, 0.1) is 5.69 Å². The fraction of sp³-hybridized carbons (Fsp3) is 0.375. The molecule has 4 heteroatoms. The number of hydrogen-bond acceptors (Lipinski definition) is 2. The summed E-state index contributed by atoms with van der Waals surface area (Å²) in [5.41, 5.74) is 4.60. The summed E-state index contributed by atoms with van der Waals surface area (Å²) >= 11 is 0. The van der Waals surface area contributed by atoms with E-state index in [4.69, 9.17) is 9.41 Å². The predicted octanol–water partition coefficient (Wildman–Crippen LogP) is 6.41. The van der Waals surface area contributed by atoms with Crippen LogP contribution in [0.3, 0.4) is 0 Å². The Hall–Kier alpha value is -2.17. The first-order valence-electron chi connectivity index (χ1n) is 10.0. The van der Waals surface area contributed by atoms with E-state index in [-0.39, 0.29) is 5.04 Å². The van der Waals surface area contributed by atoms with Crippen molar-refractivity contribution in [2.45, 2.75) is 52.2 Å². The minimum Gasteiger partial charge on any atom is -0.416 e. The third-order valence-electron chi connectivity index (χ3n) is 5.83. The highest BCUT2D eigenvalue weighted by Crippen LogP contribution is 2.36. The van der Waals surface area contributed by atoms with E-state index in [9.17, 15) is 0 Å². The van der Waals surface area contributed by atoms with E-state index in [2.05, 4.69) is 81.0 Å². The van der Waals surface area contributed by atoms with Gasteiger partial charge in [-0.05, 0) is 49.2 Å². The van der Waals surface area contributed by atoms with Crippen molar-refractivity contribution in [1.29, 1.82) is 0 Å². The first-order valence-corrected chi connectivity index (χ1v) is 12.9. The molecule has 148 valence electrons. The van der Waals surface area contributed by atoms with Crippen molar-refractivity contribution < 1.29 is 4.43 Å². The first kappa shape index (κ1) is 20.6. The third kappa shape index (κ3) is 4.62. The molecule has 3 aromatic rings. The lowest BCUT2D eigenvalue weighted by atomic mass is 10.1. The van der Waals surface area contributed by atoms with Gasteiger partial charge in [0.1, 0.15) is 5.82 Å². The Morgan fingerprint density at radius 1 is 0.964 bits per heavy atom. The van der Waals surface area contributed by atoms with Gasteiger partial charge >= 0.3 is 0 Å². The molecule has 0 aliphatic rings. The number of benzene rings is 2. The Morgan fingerprint density at radius 3 is 2.21 bits per heavy atom. The van der Waals surface area contributed by atoms with Gasteiger partial charge in [0.2, 0.25) is 0 Å². The van der Waals surface area contributed by atoms with Crippen LogP contribution in [0.2, 0.25) is 18.1 Å². The Morgan fingerprint density at radius 2 is 1.61 bits per heavy atom. The van der Waals surface area contributed by atoms with Gasteiger partial charge in [-0.2, -0.15) is 0 Å². The summed E-state index contributed by atoms with van der Waals surface area (Å²) in [6, 6.07) is 19.1. The molecular formula is C24H32N2OSi. The van der Waals surface area contributed by atoms with E-state index in [1.807, 2.05) is 25.1 Å². The lowest BCUT2D eigenvalue weighted by molar-refractivity contribution is 0.292. The van der Waals surface area contributed by atoms with Crippen LogP contribution in [-0.4, -0.2) is 24.5 Å². The molecule has 0 amide bonds. The first-order chi connectivity index (χ1) is 13.2. The van der Waals surface area contributed by atoms with Gasteiger partial charge in [-0.15, -0.1) is 0 Å². The Balaban J connectivity index is 1.68. The second-order valence-corrected chi connectivity index (χ2v) is 13.7. The molecule has 0 aliphatic heterocycles. The standard InChI is InChI=1S/C24H32N2OSi/c1-19-25-23(21-10-8-7-9-11-21)18-26(19)22-14-12-20(13-15-22)16-17-27-28(5,6)24(2,3)4/h7-15,18H,16-17H2,1-6H3. The molecule has 0 N–H and O–H groups in total. The monoisotopic (exact) mass is 392 g/mol. The molecule has 0 saturated heterocycles. The number of aromatic nitrogens is 2. The van der Waals surface area contributed by atoms with Crippen LogP contribution < -0.4 is 0 Å². The highest BCUT2D eigenvalue weighted by atomic mass is 28.4. The summed E-state index contributed by atoms with van der Waals surface area (Å²) in [5.74, 6) is 0.993. The number of imidazole rings is 1. The normalized spacial score (nSPS) is 12.4. The van der Waals surface area contributed by atoms with Crippen LogP contribution in [0.5, 0.6) is 0 Å². The average molecular weight is 393 g/mol. The molecule has 0 atom stereocenters. The Bertz CT molecular complexity index is 906. The smallest absolute Gasteiger partial charge is 0.191 e. The van der Waals surface area contributed by atoms with Crippen LogP contribution in [0.25, 0.3) is 16.9 Å². The topological polar surface area (TPSA) is 27.1 Å². The van der Waals surface area contributed by atoms with Crippen molar-refractivity contribution in [3.8, 4) is 16.9 Å². The fourth-order valence-electron chi connectivity index (χ4n) is 2.95. The fourth-order valence-corrected chi connectivity index (χ4v) is 3.99. The Labute approximate surface area is 170 Å². The lowest BCUT2D eigenvalue weighted by Gasteiger charge is -2.36. The van der Waals surface area contributed by atoms with Crippen molar-refractivity contribution in [3.05, 3.63) is 72.2 Å². The van der Waals surface area contributed by atoms with Crippen LogP contribution >= 0.6 is 0 Å². The molecule has 0 aliphatic carbocycles. The van der Waals surface area contributed by atoms with Crippen LogP contribution in [0.4, 0.5) is 0 Å². The Kier molecular flexibility index (Phi) is 5.92. The van der Waals surface area contributed by atoms with Gasteiger partial charge in [-0.25, -0.2) is 4.98 Å². The van der Waals surface area contributed by atoms with E-state index >= 15 is 0 Å². The maximum atomic E-state index is 6.31. The molecule has 0 fully saturated rings. The van der Waals surface area contributed by atoms with E-state index in [1.54, 1.807) is 0 Å². The van der Waals surface area contributed by atoms with Crippen molar-refractivity contribution in [2.75, 3.05) is 6.61 Å². The van der Waals surface area contributed by atoms with Gasteiger partial charge in [0.15, 0.2) is 8.32 Å². The average Bonchev–Trinajstić information content (AvgIpc) is 3.04. The summed E-state index contributed by atoms with van der Waals surface area (Å²) < 4.78 is 8.46. The lowest BCUT2D eigenvalue weighted by Crippen LogP contribution is -2.41. The molecule has 0 radical (unpaired) electrons. The maximum Gasteiger partial charge on any atom is 0.191 e. The van der Waals surface area contributed by atoms with E-state index in [1.165, 1.54) is 5.56 Å². The zero-order chi connectivity index (χ0) is 20.4. The second kappa shape index (κ2) is 8.06. The molecule has 0 spiro atoms. The van der Waals surface area contributed by atoms with Crippen LogP contribution in [0.15, 0.2) is 60.8 Å². The highest BCUT2D eigenvalue weighted by Gasteiger charge is 2.36. The second-order valence-electron chi connectivity index (χ2n) is 8.93. The van der Waals surface area contributed by atoms with E-state index in [0.29, 0.717) is 0 Å². The molecule has 3 nitrogen and oxygen atoms in total. The molecule has 1 aromatic heterocycles. The van der Waals surface area contributed by atoms with Gasteiger partial charge in [-0.3, -0.25) is 0 Å². The summed E-state index contributed by atoms with van der Waals surface area (Å²) in [6.45, 7) is 14.3. The largest absolute Gasteiger partial charge is 0.416 e. The molecule has 3 rings (SSSR count). The number of aryl methyl sites for hydroxylation is 1. The number of hydrogen-bond donors (Lipinski definition) is 0. The predicted molar refractivity (Wildman–Crippen MR) is 121 cm³/mol. The minimum atomic E-state index is -1.67. The summed E-state index contributed by atoms with van der Waals surface area (Å²) in [5, 5.41) is 0.256.